The van der Waals surface area contributed by atoms with Gasteiger partial charge in [-0.25, -0.2) is 4.79 Å². The van der Waals surface area contributed by atoms with Gasteiger partial charge in [-0.2, -0.15) is 0 Å². The third-order valence-electron chi connectivity index (χ3n) is 6.83. The highest BCUT2D eigenvalue weighted by atomic mass is 16.6. The zero-order chi connectivity index (χ0) is 19.9. The first-order valence-corrected chi connectivity index (χ1v) is 9.78. The zero-order valence-corrected chi connectivity index (χ0v) is 17.1. The van der Waals surface area contributed by atoms with Gasteiger partial charge in [-0.05, 0) is 45.1 Å². The molecule has 2 aliphatic rings. The van der Waals surface area contributed by atoms with Crippen LogP contribution in [0, 0.1) is 24.2 Å². The number of rotatable bonds is 3. The Bertz CT molecular complexity index is 774. The van der Waals surface area contributed by atoms with Crippen LogP contribution in [0.25, 0.3) is 0 Å². The van der Waals surface area contributed by atoms with Gasteiger partial charge in [-0.1, -0.05) is 19.9 Å². The average molecular weight is 374 g/mol. The molecule has 0 saturated heterocycles. The predicted molar refractivity (Wildman–Crippen MR) is 101 cm³/mol. The molecule has 5 nitrogen and oxygen atoms in total. The summed E-state index contributed by atoms with van der Waals surface area (Å²) in [6, 6.07) is 0. The number of furan rings is 1. The molecule has 3 rings (SSSR count). The van der Waals surface area contributed by atoms with Crippen LogP contribution in [0.1, 0.15) is 70.5 Å². The maximum atomic E-state index is 12.4. The number of allylic oxidation sites excluding steroid dienone is 1. The second-order valence-corrected chi connectivity index (χ2v) is 8.32. The molecule has 5 atom stereocenters. The van der Waals surface area contributed by atoms with Crippen LogP contribution in [0.4, 0.5) is 0 Å². The van der Waals surface area contributed by atoms with Crippen molar-refractivity contribution < 1.29 is 23.5 Å². The number of hydrogen-bond acceptors (Lipinski definition) is 5. The van der Waals surface area contributed by atoms with Crippen molar-refractivity contribution in [2.45, 2.75) is 73.0 Å². The molecule has 0 aromatic carbocycles. The molecule has 0 radical (unpaired) electrons. The number of esters is 2. The molecule has 2 aliphatic carbocycles. The lowest BCUT2D eigenvalue weighted by Gasteiger charge is -2.54. The van der Waals surface area contributed by atoms with Crippen molar-refractivity contribution in [2.24, 2.45) is 17.3 Å². The Morgan fingerprint density at radius 1 is 1.26 bits per heavy atom. The molecule has 0 spiro atoms. The SMILES string of the molecule is CC=C(C)C(=O)OC1CCC(C)C2(C)C(OC(C)=O)c3c(C)coc3CC12. The number of ether oxygens (including phenoxy) is 2. The largest absolute Gasteiger partial charge is 0.469 e. The van der Waals surface area contributed by atoms with Crippen molar-refractivity contribution in [1.82, 2.24) is 0 Å². The number of carbonyl (C=O) groups is 2. The molecule has 1 aromatic rings. The van der Waals surface area contributed by atoms with Crippen molar-refractivity contribution in [2.75, 3.05) is 0 Å². The lowest BCUT2D eigenvalue weighted by Crippen LogP contribution is -2.54. The van der Waals surface area contributed by atoms with E-state index < -0.39 is 0 Å². The first-order chi connectivity index (χ1) is 12.7. The molecule has 148 valence electrons. The van der Waals surface area contributed by atoms with Gasteiger partial charge in [-0.15, -0.1) is 0 Å². The summed E-state index contributed by atoms with van der Waals surface area (Å²) in [5, 5.41) is 0. The third kappa shape index (κ3) is 3.21. The fourth-order valence-corrected chi connectivity index (χ4v) is 4.87. The Hall–Kier alpha value is -2.04. The minimum atomic E-state index is -0.387. The monoisotopic (exact) mass is 374 g/mol. The lowest BCUT2D eigenvalue weighted by atomic mass is 9.53. The lowest BCUT2D eigenvalue weighted by molar-refractivity contribution is -0.186. The van der Waals surface area contributed by atoms with Crippen molar-refractivity contribution in [3.8, 4) is 0 Å². The van der Waals surface area contributed by atoms with E-state index in [4.69, 9.17) is 13.9 Å². The summed E-state index contributed by atoms with van der Waals surface area (Å²) >= 11 is 0. The van der Waals surface area contributed by atoms with E-state index in [9.17, 15) is 9.59 Å². The van der Waals surface area contributed by atoms with Gasteiger partial charge in [0.15, 0.2) is 0 Å². The zero-order valence-electron chi connectivity index (χ0n) is 17.1. The summed E-state index contributed by atoms with van der Waals surface area (Å²) in [7, 11) is 0. The minimum absolute atomic E-state index is 0.0391. The van der Waals surface area contributed by atoms with Crippen molar-refractivity contribution in [1.29, 1.82) is 0 Å². The Kier molecular flexibility index (Phi) is 5.24. The van der Waals surface area contributed by atoms with Crippen LogP contribution in [0.3, 0.4) is 0 Å². The van der Waals surface area contributed by atoms with E-state index in [0.717, 1.165) is 29.7 Å². The van der Waals surface area contributed by atoms with E-state index in [1.807, 2.05) is 13.8 Å². The van der Waals surface area contributed by atoms with Crippen molar-refractivity contribution in [3.05, 3.63) is 34.8 Å². The predicted octanol–water partition coefficient (Wildman–Crippen LogP) is 4.68. The number of hydrogen-bond donors (Lipinski definition) is 0. The van der Waals surface area contributed by atoms with E-state index in [0.29, 0.717) is 17.9 Å². The van der Waals surface area contributed by atoms with Crippen LogP contribution < -0.4 is 0 Å². The van der Waals surface area contributed by atoms with Gasteiger partial charge in [0.25, 0.3) is 0 Å². The van der Waals surface area contributed by atoms with Crippen molar-refractivity contribution >= 4 is 11.9 Å². The fraction of sp³-hybridized carbons (Fsp3) is 0.636. The van der Waals surface area contributed by atoms with Gasteiger partial charge in [0.1, 0.15) is 18.0 Å². The maximum absolute atomic E-state index is 12.4. The van der Waals surface area contributed by atoms with Gasteiger partial charge >= 0.3 is 11.9 Å². The smallest absolute Gasteiger partial charge is 0.333 e. The van der Waals surface area contributed by atoms with Gasteiger partial charge < -0.3 is 13.9 Å². The topological polar surface area (TPSA) is 65.7 Å². The Morgan fingerprint density at radius 2 is 1.96 bits per heavy atom. The summed E-state index contributed by atoms with van der Waals surface area (Å²) in [5.74, 6) is 0.637. The highest BCUT2D eigenvalue weighted by molar-refractivity contribution is 5.87. The van der Waals surface area contributed by atoms with Crippen LogP contribution in [0.2, 0.25) is 0 Å². The Morgan fingerprint density at radius 3 is 2.59 bits per heavy atom. The molecule has 27 heavy (non-hydrogen) atoms. The Balaban J connectivity index is 2.03. The standard InChI is InChI=1S/C22H30O5/c1-7-12(2)21(24)27-17-9-8-14(4)22(6)16(17)10-18-19(13(3)11-25-18)20(22)26-15(5)23/h7,11,14,16-17,20H,8-10H2,1-6H3. The maximum Gasteiger partial charge on any atom is 0.333 e. The van der Waals surface area contributed by atoms with Crippen LogP contribution in [0.5, 0.6) is 0 Å². The summed E-state index contributed by atoms with van der Waals surface area (Å²) < 4.78 is 17.6. The molecule has 1 saturated carbocycles. The summed E-state index contributed by atoms with van der Waals surface area (Å²) in [6.45, 7) is 11.4. The summed E-state index contributed by atoms with van der Waals surface area (Å²) in [6.07, 6.45) is 5.32. The molecular weight excluding hydrogens is 344 g/mol. The van der Waals surface area contributed by atoms with Crippen LogP contribution in [-0.2, 0) is 25.5 Å². The number of fused-ring (bicyclic) bond motifs is 2. The van der Waals surface area contributed by atoms with Crippen LogP contribution in [-0.4, -0.2) is 18.0 Å². The molecule has 0 N–H and O–H groups in total. The van der Waals surface area contributed by atoms with Crippen LogP contribution in [0.15, 0.2) is 22.3 Å². The molecule has 1 heterocycles. The van der Waals surface area contributed by atoms with Crippen molar-refractivity contribution in [3.63, 3.8) is 0 Å². The van der Waals surface area contributed by atoms with Gasteiger partial charge in [0.05, 0.1) is 6.26 Å². The van der Waals surface area contributed by atoms with E-state index in [-0.39, 0.29) is 35.5 Å². The van der Waals surface area contributed by atoms with E-state index in [1.165, 1.54) is 6.92 Å². The molecule has 0 aliphatic heterocycles. The second-order valence-electron chi connectivity index (χ2n) is 8.32. The molecule has 5 unspecified atom stereocenters. The molecule has 1 aromatic heterocycles. The van der Waals surface area contributed by atoms with Gasteiger partial charge in [0.2, 0.25) is 0 Å². The normalized spacial score (nSPS) is 33.0. The van der Waals surface area contributed by atoms with E-state index in [1.54, 1.807) is 19.3 Å². The first kappa shape index (κ1) is 19.7. The molecule has 1 fully saturated rings. The molecule has 0 amide bonds. The number of aryl methyl sites for hydroxylation is 1. The summed E-state index contributed by atoms with van der Waals surface area (Å²) in [5.41, 5.74) is 2.29. The van der Waals surface area contributed by atoms with E-state index >= 15 is 0 Å². The quantitative estimate of drug-likeness (QED) is 0.568. The molecular formula is C22H30O5. The summed E-state index contributed by atoms with van der Waals surface area (Å²) in [4.78, 5) is 24.3. The van der Waals surface area contributed by atoms with Gasteiger partial charge in [0, 0.05) is 35.8 Å². The van der Waals surface area contributed by atoms with Gasteiger partial charge in [-0.3, -0.25) is 4.79 Å². The Labute approximate surface area is 161 Å². The second kappa shape index (κ2) is 7.17. The third-order valence-corrected chi connectivity index (χ3v) is 6.83. The molecule has 0 bridgehead atoms. The molecule has 5 heteroatoms. The highest BCUT2D eigenvalue weighted by Crippen LogP contribution is 2.60. The average Bonchev–Trinajstić information content (AvgIpc) is 2.98. The number of carbonyl (C=O) groups excluding carboxylic acids is 2. The van der Waals surface area contributed by atoms with Crippen LogP contribution >= 0.6 is 0 Å². The highest BCUT2D eigenvalue weighted by Gasteiger charge is 2.58. The fourth-order valence-electron chi connectivity index (χ4n) is 4.87. The minimum Gasteiger partial charge on any atom is -0.469 e. The van der Waals surface area contributed by atoms with E-state index in [2.05, 4.69) is 13.8 Å². The first-order valence-electron chi connectivity index (χ1n) is 9.78.